The molecule has 6 nitrogen and oxygen atoms in total. The van der Waals surface area contributed by atoms with E-state index in [1.54, 1.807) is 6.92 Å². The summed E-state index contributed by atoms with van der Waals surface area (Å²) in [6, 6.07) is 14.8. The molecule has 3 atom stereocenters. The average Bonchev–Trinajstić information content (AvgIpc) is 2.89. The number of amides is 1. The molecule has 3 aliphatic rings. The first-order valence-corrected chi connectivity index (χ1v) is 14.1. The third kappa shape index (κ3) is 5.54. The molecule has 1 saturated heterocycles. The number of carbonyl (C=O) groups excluding carboxylic acids is 2. The number of aryl methyl sites for hydroxylation is 1. The number of nitrogens with zero attached hydrogens (tertiary/aromatic N) is 1. The van der Waals surface area contributed by atoms with Gasteiger partial charge in [-0.05, 0) is 105 Å². The number of rotatable bonds is 9. The number of nitrogens with one attached hydrogen (secondary N) is 1. The molecule has 0 spiro atoms. The Kier molecular flexibility index (Phi) is 7.84. The Bertz CT molecular complexity index is 1130. The molecule has 1 heterocycles. The van der Waals surface area contributed by atoms with Gasteiger partial charge in [-0.1, -0.05) is 31.0 Å². The first-order chi connectivity index (χ1) is 18.0. The number of esters is 1. The van der Waals surface area contributed by atoms with E-state index in [2.05, 4.69) is 28.4 Å². The Labute approximate surface area is 220 Å². The van der Waals surface area contributed by atoms with E-state index in [-0.39, 0.29) is 30.1 Å². The molecule has 6 heteroatoms. The summed E-state index contributed by atoms with van der Waals surface area (Å²) in [5, 5.41) is 13.1. The van der Waals surface area contributed by atoms with Crippen LogP contribution < -0.4 is 5.32 Å². The van der Waals surface area contributed by atoms with Crippen LogP contribution in [0.4, 0.5) is 5.69 Å². The number of fused-ring (bicyclic) bond motifs is 1. The number of likely N-dealkylation sites (tertiary alicyclic amines) is 1. The summed E-state index contributed by atoms with van der Waals surface area (Å²) in [6.07, 6.45) is 9.75. The fourth-order valence-corrected chi connectivity index (χ4v) is 7.31. The van der Waals surface area contributed by atoms with E-state index >= 15 is 0 Å². The molecule has 1 saturated carbocycles. The second kappa shape index (κ2) is 11.3. The largest absolute Gasteiger partial charge is 0.508 e. The Morgan fingerprint density at radius 1 is 1.14 bits per heavy atom. The highest BCUT2D eigenvalue weighted by molar-refractivity contribution is 5.92. The molecular formula is C31H40N2O4. The van der Waals surface area contributed by atoms with E-state index in [1.165, 1.54) is 48.8 Å². The fraction of sp³-hybridized carbons (Fsp3) is 0.548. The number of ether oxygens (including phenoxy) is 1. The number of piperidine rings is 1. The number of phenolic OH excluding ortho intramolecular Hbond substituents is 1. The standard InChI is InChI=1S/C31H40N2O4/c1-2-37-30(36)14-13-29(35)32-24-9-5-7-22(19-24)8-6-17-33-18-16-31-15-4-3-10-26(31)28(33)20-23-11-12-25(34)21-27(23)31/h5,7,9,11-12,19,21,26,28,34H,2-4,6,8,10,13-18,20H2,1H3,(H,32,35)/t26-,28+,31+/m0/s1. The van der Waals surface area contributed by atoms with Crippen molar-refractivity contribution in [2.75, 3.05) is 25.0 Å². The maximum Gasteiger partial charge on any atom is 0.306 e. The van der Waals surface area contributed by atoms with E-state index < -0.39 is 0 Å². The molecule has 0 aromatic heterocycles. The molecule has 2 aliphatic carbocycles. The van der Waals surface area contributed by atoms with Crippen LogP contribution in [-0.4, -0.2) is 47.6 Å². The minimum Gasteiger partial charge on any atom is -0.508 e. The van der Waals surface area contributed by atoms with Crippen LogP contribution in [0.5, 0.6) is 5.75 Å². The topological polar surface area (TPSA) is 78.9 Å². The summed E-state index contributed by atoms with van der Waals surface area (Å²) in [5.74, 6) is 0.600. The molecule has 0 unspecified atom stereocenters. The number of phenols is 1. The van der Waals surface area contributed by atoms with Gasteiger partial charge in [-0.2, -0.15) is 0 Å². The molecule has 198 valence electrons. The third-order valence-electron chi connectivity index (χ3n) is 8.92. The Morgan fingerprint density at radius 2 is 2.03 bits per heavy atom. The average molecular weight is 505 g/mol. The molecule has 1 amide bonds. The smallest absolute Gasteiger partial charge is 0.306 e. The maximum atomic E-state index is 12.2. The van der Waals surface area contributed by atoms with Crippen molar-refractivity contribution in [3.05, 3.63) is 59.2 Å². The van der Waals surface area contributed by atoms with Gasteiger partial charge in [0.1, 0.15) is 5.75 Å². The first-order valence-electron chi connectivity index (χ1n) is 14.1. The first kappa shape index (κ1) is 25.8. The van der Waals surface area contributed by atoms with Gasteiger partial charge >= 0.3 is 5.97 Å². The van der Waals surface area contributed by atoms with Gasteiger partial charge in [0, 0.05) is 23.6 Å². The van der Waals surface area contributed by atoms with Crippen molar-refractivity contribution in [3.63, 3.8) is 0 Å². The second-order valence-electron chi connectivity index (χ2n) is 11.1. The molecule has 2 aromatic rings. The number of anilines is 1. The highest BCUT2D eigenvalue weighted by Crippen LogP contribution is 2.56. The maximum absolute atomic E-state index is 12.2. The van der Waals surface area contributed by atoms with E-state index in [9.17, 15) is 14.7 Å². The SMILES string of the molecule is CCOC(=O)CCC(=O)Nc1cccc(CCCN2CC[C@]34CCCC[C@H]3[C@H]2Cc2ccc(O)cc24)c1. The number of benzene rings is 2. The molecule has 2 fully saturated rings. The number of hydrogen-bond donors (Lipinski definition) is 2. The van der Waals surface area contributed by atoms with Crippen molar-refractivity contribution in [1.82, 2.24) is 4.90 Å². The van der Waals surface area contributed by atoms with Crippen molar-refractivity contribution in [1.29, 1.82) is 0 Å². The van der Waals surface area contributed by atoms with Gasteiger partial charge in [0.15, 0.2) is 0 Å². The molecule has 5 rings (SSSR count). The molecule has 37 heavy (non-hydrogen) atoms. The molecule has 2 N–H and O–H groups in total. The van der Waals surface area contributed by atoms with Crippen molar-refractivity contribution < 1.29 is 19.4 Å². The third-order valence-corrected chi connectivity index (χ3v) is 8.92. The summed E-state index contributed by atoms with van der Waals surface area (Å²) >= 11 is 0. The van der Waals surface area contributed by atoms with E-state index in [4.69, 9.17) is 4.74 Å². The van der Waals surface area contributed by atoms with Crippen molar-refractivity contribution in [2.24, 2.45) is 5.92 Å². The van der Waals surface area contributed by atoms with Crippen molar-refractivity contribution in [2.45, 2.75) is 82.6 Å². The van der Waals surface area contributed by atoms with Gasteiger partial charge in [0.25, 0.3) is 0 Å². The molecule has 2 bridgehead atoms. The number of aromatic hydroxyl groups is 1. The zero-order valence-corrected chi connectivity index (χ0v) is 22.0. The monoisotopic (exact) mass is 504 g/mol. The minimum absolute atomic E-state index is 0.101. The van der Waals surface area contributed by atoms with Gasteiger partial charge in [0.2, 0.25) is 5.91 Å². The predicted octanol–water partition coefficient (Wildman–Crippen LogP) is 5.37. The lowest BCUT2D eigenvalue weighted by molar-refractivity contribution is -0.144. The predicted molar refractivity (Wildman–Crippen MR) is 145 cm³/mol. The summed E-state index contributed by atoms with van der Waals surface area (Å²) in [4.78, 5) is 26.5. The van der Waals surface area contributed by atoms with Gasteiger partial charge in [-0.15, -0.1) is 0 Å². The summed E-state index contributed by atoms with van der Waals surface area (Å²) in [7, 11) is 0. The number of hydrogen-bond acceptors (Lipinski definition) is 5. The molecule has 0 radical (unpaired) electrons. The van der Waals surface area contributed by atoms with Crippen LogP contribution in [0, 0.1) is 5.92 Å². The lowest BCUT2D eigenvalue weighted by Gasteiger charge is -2.59. The highest BCUT2D eigenvalue weighted by Gasteiger charge is 2.53. The molecule has 1 aliphatic heterocycles. The van der Waals surface area contributed by atoms with Gasteiger partial charge in [0.05, 0.1) is 13.0 Å². The quantitative estimate of drug-likeness (QED) is 0.449. The van der Waals surface area contributed by atoms with Crippen LogP contribution in [0.3, 0.4) is 0 Å². The van der Waals surface area contributed by atoms with Gasteiger partial charge in [-0.25, -0.2) is 0 Å². The van der Waals surface area contributed by atoms with Gasteiger partial charge < -0.3 is 15.2 Å². The van der Waals surface area contributed by atoms with E-state index in [0.29, 0.717) is 24.3 Å². The number of carbonyl (C=O) groups is 2. The van der Waals surface area contributed by atoms with E-state index in [1.807, 2.05) is 24.3 Å². The Balaban J connectivity index is 1.18. The van der Waals surface area contributed by atoms with Crippen molar-refractivity contribution >= 4 is 17.6 Å². The van der Waals surface area contributed by atoms with Gasteiger partial charge in [-0.3, -0.25) is 14.5 Å². The fourth-order valence-electron chi connectivity index (χ4n) is 7.31. The van der Waals surface area contributed by atoms with Crippen LogP contribution in [0.15, 0.2) is 42.5 Å². The van der Waals surface area contributed by atoms with Crippen molar-refractivity contribution in [3.8, 4) is 5.75 Å². The lowest BCUT2D eigenvalue weighted by atomic mass is 9.52. The van der Waals surface area contributed by atoms with Crippen LogP contribution in [0.25, 0.3) is 0 Å². The zero-order valence-electron chi connectivity index (χ0n) is 22.0. The van der Waals surface area contributed by atoms with Crippen LogP contribution in [-0.2, 0) is 32.6 Å². The van der Waals surface area contributed by atoms with E-state index in [0.717, 1.165) is 38.0 Å². The van der Waals surface area contributed by atoms with Crippen LogP contribution in [0.2, 0.25) is 0 Å². The summed E-state index contributed by atoms with van der Waals surface area (Å²) in [5.41, 5.74) is 5.14. The summed E-state index contributed by atoms with van der Waals surface area (Å²) < 4.78 is 4.90. The zero-order chi connectivity index (χ0) is 25.8. The summed E-state index contributed by atoms with van der Waals surface area (Å²) in [6.45, 7) is 4.31. The van der Waals surface area contributed by atoms with Crippen LogP contribution in [0.1, 0.15) is 75.0 Å². The second-order valence-corrected chi connectivity index (χ2v) is 11.1. The highest BCUT2D eigenvalue weighted by atomic mass is 16.5. The molecule has 2 aromatic carbocycles. The Hall–Kier alpha value is -2.86. The Morgan fingerprint density at radius 3 is 2.89 bits per heavy atom. The van der Waals surface area contributed by atoms with Crippen LogP contribution >= 0.6 is 0 Å². The normalized spacial score (nSPS) is 24.6. The molecular weight excluding hydrogens is 464 g/mol. The minimum atomic E-state index is -0.339. The lowest BCUT2D eigenvalue weighted by Crippen LogP contribution is -2.61.